The van der Waals surface area contributed by atoms with E-state index in [0.717, 1.165) is 6.42 Å². The largest absolute Gasteiger partial charge is 0.468 e. The first-order chi connectivity index (χ1) is 6.95. The molecule has 0 aromatic carbocycles. The Morgan fingerprint density at radius 2 is 1.87 bits per heavy atom. The normalized spacial score (nSPS) is 18.2. The predicted molar refractivity (Wildman–Crippen MR) is 56.2 cm³/mol. The van der Waals surface area contributed by atoms with E-state index < -0.39 is 5.41 Å². The zero-order valence-corrected chi connectivity index (χ0v) is 9.87. The molecule has 0 bridgehead atoms. The maximum atomic E-state index is 12.1. The molecule has 1 aliphatic rings. The van der Waals surface area contributed by atoms with Crippen molar-refractivity contribution in [3.8, 4) is 0 Å². The molecule has 4 heteroatoms. The minimum atomic E-state index is -0.881. The average molecular weight is 213 g/mol. The van der Waals surface area contributed by atoms with Crippen molar-refractivity contribution in [1.82, 2.24) is 4.90 Å². The second kappa shape index (κ2) is 4.21. The first kappa shape index (κ1) is 12.0. The van der Waals surface area contributed by atoms with Gasteiger partial charge < -0.3 is 9.64 Å². The maximum absolute atomic E-state index is 12.1. The summed E-state index contributed by atoms with van der Waals surface area (Å²) in [5.41, 5.74) is -0.881. The van der Waals surface area contributed by atoms with Gasteiger partial charge in [-0.25, -0.2) is 0 Å². The van der Waals surface area contributed by atoms with Gasteiger partial charge in [0.15, 0.2) is 0 Å². The standard InChI is InChI=1S/C11H19NO3/c1-8(2)12(3)9(13)11(6-5-7-11)10(14)15-4/h8H,5-7H2,1-4H3. The summed E-state index contributed by atoms with van der Waals surface area (Å²) in [5.74, 6) is -0.484. The molecule has 0 atom stereocenters. The Morgan fingerprint density at radius 1 is 1.33 bits per heavy atom. The Hall–Kier alpha value is -1.06. The molecule has 1 saturated carbocycles. The molecule has 1 aliphatic carbocycles. The third kappa shape index (κ3) is 1.85. The molecule has 0 aromatic heterocycles. The van der Waals surface area contributed by atoms with Crippen molar-refractivity contribution in [3.63, 3.8) is 0 Å². The number of amides is 1. The van der Waals surface area contributed by atoms with Gasteiger partial charge in [0.05, 0.1) is 7.11 Å². The number of ether oxygens (including phenoxy) is 1. The molecular weight excluding hydrogens is 194 g/mol. The van der Waals surface area contributed by atoms with E-state index in [2.05, 4.69) is 0 Å². The Morgan fingerprint density at radius 3 is 2.13 bits per heavy atom. The monoisotopic (exact) mass is 213 g/mol. The lowest BCUT2D eigenvalue weighted by Crippen LogP contribution is -2.53. The van der Waals surface area contributed by atoms with Crippen molar-refractivity contribution in [2.45, 2.75) is 39.2 Å². The number of hydrogen-bond acceptors (Lipinski definition) is 3. The van der Waals surface area contributed by atoms with Crippen LogP contribution in [0.5, 0.6) is 0 Å². The maximum Gasteiger partial charge on any atom is 0.321 e. The van der Waals surface area contributed by atoms with Gasteiger partial charge in [-0.2, -0.15) is 0 Å². The summed E-state index contributed by atoms with van der Waals surface area (Å²) in [4.78, 5) is 25.4. The second-order valence-electron chi connectivity index (χ2n) is 4.44. The van der Waals surface area contributed by atoms with Crippen LogP contribution in [0.1, 0.15) is 33.1 Å². The van der Waals surface area contributed by atoms with Crippen molar-refractivity contribution < 1.29 is 14.3 Å². The van der Waals surface area contributed by atoms with Crippen LogP contribution in [0, 0.1) is 5.41 Å². The van der Waals surface area contributed by atoms with E-state index in [-0.39, 0.29) is 17.9 Å². The first-order valence-corrected chi connectivity index (χ1v) is 5.31. The summed E-state index contributed by atoms with van der Waals surface area (Å²) in [6.07, 6.45) is 2.16. The Kier molecular flexibility index (Phi) is 3.37. The number of rotatable bonds is 3. The quantitative estimate of drug-likeness (QED) is 0.522. The molecule has 1 rings (SSSR count). The minimum absolute atomic E-state index is 0.101. The predicted octanol–water partition coefficient (Wildman–Crippen LogP) is 1.20. The minimum Gasteiger partial charge on any atom is -0.468 e. The summed E-state index contributed by atoms with van der Waals surface area (Å²) in [7, 11) is 3.07. The van der Waals surface area contributed by atoms with E-state index >= 15 is 0 Å². The molecule has 0 unspecified atom stereocenters. The number of hydrogen-bond donors (Lipinski definition) is 0. The van der Waals surface area contributed by atoms with Crippen LogP contribution in [0.25, 0.3) is 0 Å². The Bertz CT molecular complexity index is 269. The van der Waals surface area contributed by atoms with Crippen molar-refractivity contribution in [2.75, 3.05) is 14.2 Å². The van der Waals surface area contributed by atoms with Crippen LogP contribution in [0.15, 0.2) is 0 Å². The van der Waals surface area contributed by atoms with Gasteiger partial charge in [0.25, 0.3) is 0 Å². The first-order valence-electron chi connectivity index (χ1n) is 5.31. The van der Waals surface area contributed by atoms with Crippen LogP contribution < -0.4 is 0 Å². The van der Waals surface area contributed by atoms with E-state index in [1.165, 1.54) is 7.11 Å². The van der Waals surface area contributed by atoms with E-state index in [1.54, 1.807) is 11.9 Å². The highest BCUT2D eigenvalue weighted by Crippen LogP contribution is 2.43. The number of carbonyl (C=O) groups is 2. The van der Waals surface area contributed by atoms with Crippen LogP contribution in [0.3, 0.4) is 0 Å². The highest BCUT2D eigenvalue weighted by Gasteiger charge is 2.53. The Balaban J connectivity index is 2.83. The highest BCUT2D eigenvalue weighted by molar-refractivity contribution is 6.03. The van der Waals surface area contributed by atoms with E-state index in [9.17, 15) is 9.59 Å². The van der Waals surface area contributed by atoms with Crippen LogP contribution in [0.2, 0.25) is 0 Å². The summed E-state index contributed by atoms with van der Waals surface area (Å²) in [5, 5.41) is 0. The van der Waals surface area contributed by atoms with Gasteiger partial charge in [-0.15, -0.1) is 0 Å². The molecule has 15 heavy (non-hydrogen) atoms. The van der Waals surface area contributed by atoms with E-state index in [1.807, 2.05) is 13.8 Å². The SMILES string of the molecule is COC(=O)C1(C(=O)N(C)C(C)C)CCC1. The zero-order chi connectivity index (χ0) is 11.6. The van der Waals surface area contributed by atoms with Crippen molar-refractivity contribution in [3.05, 3.63) is 0 Å². The molecule has 0 aromatic rings. The third-order valence-corrected chi connectivity index (χ3v) is 3.29. The van der Waals surface area contributed by atoms with Gasteiger partial charge in [0.1, 0.15) is 5.41 Å². The lowest BCUT2D eigenvalue weighted by atomic mass is 9.67. The van der Waals surface area contributed by atoms with Crippen LogP contribution >= 0.6 is 0 Å². The van der Waals surface area contributed by atoms with E-state index in [0.29, 0.717) is 12.8 Å². The van der Waals surface area contributed by atoms with Gasteiger partial charge in [0, 0.05) is 13.1 Å². The Labute approximate surface area is 90.6 Å². The summed E-state index contributed by atoms with van der Waals surface area (Å²) < 4.78 is 4.72. The highest BCUT2D eigenvalue weighted by atomic mass is 16.5. The fourth-order valence-corrected chi connectivity index (χ4v) is 1.80. The van der Waals surface area contributed by atoms with Gasteiger partial charge in [-0.3, -0.25) is 9.59 Å². The fraction of sp³-hybridized carbons (Fsp3) is 0.818. The second-order valence-corrected chi connectivity index (χ2v) is 4.44. The molecule has 0 radical (unpaired) electrons. The van der Waals surface area contributed by atoms with Gasteiger partial charge >= 0.3 is 5.97 Å². The average Bonchev–Trinajstić information content (AvgIpc) is 2.14. The number of carbonyl (C=O) groups excluding carboxylic acids is 2. The number of esters is 1. The third-order valence-electron chi connectivity index (χ3n) is 3.29. The fourth-order valence-electron chi connectivity index (χ4n) is 1.80. The molecule has 1 fully saturated rings. The van der Waals surface area contributed by atoms with Crippen molar-refractivity contribution >= 4 is 11.9 Å². The lowest BCUT2D eigenvalue weighted by molar-refractivity contribution is -0.170. The number of nitrogens with zero attached hydrogens (tertiary/aromatic N) is 1. The topological polar surface area (TPSA) is 46.6 Å². The van der Waals surface area contributed by atoms with Crippen molar-refractivity contribution in [2.24, 2.45) is 5.41 Å². The molecular formula is C11H19NO3. The molecule has 4 nitrogen and oxygen atoms in total. The van der Waals surface area contributed by atoms with Gasteiger partial charge in [-0.1, -0.05) is 6.42 Å². The summed E-state index contributed by atoms with van der Waals surface area (Å²) in [6, 6.07) is 0.111. The summed E-state index contributed by atoms with van der Waals surface area (Å²) >= 11 is 0. The molecule has 0 N–H and O–H groups in total. The van der Waals surface area contributed by atoms with Gasteiger partial charge in [-0.05, 0) is 26.7 Å². The van der Waals surface area contributed by atoms with Crippen LogP contribution in [0.4, 0.5) is 0 Å². The molecule has 0 saturated heterocycles. The zero-order valence-electron chi connectivity index (χ0n) is 9.87. The molecule has 0 spiro atoms. The smallest absolute Gasteiger partial charge is 0.321 e. The van der Waals surface area contributed by atoms with E-state index in [4.69, 9.17) is 4.74 Å². The van der Waals surface area contributed by atoms with Crippen LogP contribution in [-0.4, -0.2) is 37.0 Å². The lowest BCUT2D eigenvalue weighted by Gasteiger charge is -2.40. The molecule has 0 heterocycles. The number of methoxy groups -OCH3 is 1. The van der Waals surface area contributed by atoms with Gasteiger partial charge in [0.2, 0.25) is 5.91 Å². The van der Waals surface area contributed by atoms with Crippen LogP contribution in [-0.2, 0) is 14.3 Å². The molecule has 1 amide bonds. The van der Waals surface area contributed by atoms with Crippen molar-refractivity contribution in [1.29, 1.82) is 0 Å². The molecule has 86 valence electrons. The molecule has 0 aliphatic heterocycles. The summed E-state index contributed by atoms with van der Waals surface area (Å²) in [6.45, 7) is 3.86.